The van der Waals surface area contributed by atoms with Gasteiger partial charge in [-0.3, -0.25) is 9.78 Å². The number of carbonyl (C=O) groups excluding carboxylic acids is 2. The standard InChI is InChI=1S/C25H25FN4O3/c1-33-21-11-5-17(6-12-21)22-13-15-30(16-20-4-2-3-14-27-20)24(31)23(22)29-25(32)28-19-9-7-18(26)8-10-19/h2-12,14,22-23H,13,15-16H2,1H3,(H2,28,29,32)/t22-,23+/m0/s1. The number of hydrogen-bond donors (Lipinski definition) is 2. The Bertz CT molecular complexity index is 1090. The molecule has 1 saturated heterocycles. The summed E-state index contributed by atoms with van der Waals surface area (Å²) >= 11 is 0. The predicted molar refractivity (Wildman–Crippen MR) is 122 cm³/mol. The summed E-state index contributed by atoms with van der Waals surface area (Å²) in [7, 11) is 1.60. The van der Waals surface area contributed by atoms with Gasteiger partial charge in [0.05, 0.1) is 19.3 Å². The normalized spacial score (nSPS) is 18.0. The van der Waals surface area contributed by atoms with Crippen LogP contribution in [0.25, 0.3) is 0 Å². The first-order chi connectivity index (χ1) is 16.0. The highest BCUT2D eigenvalue weighted by Gasteiger charge is 2.38. The Balaban J connectivity index is 1.54. The third-order valence-corrected chi connectivity index (χ3v) is 5.70. The van der Waals surface area contributed by atoms with Crippen LogP contribution in [0.5, 0.6) is 5.75 Å². The summed E-state index contributed by atoms with van der Waals surface area (Å²) in [5.74, 6) is -0.0614. The summed E-state index contributed by atoms with van der Waals surface area (Å²) in [6.07, 6.45) is 2.36. The highest BCUT2D eigenvalue weighted by molar-refractivity contribution is 5.94. The minimum Gasteiger partial charge on any atom is -0.497 e. The Kier molecular flexibility index (Phi) is 6.83. The molecule has 0 saturated carbocycles. The molecule has 0 aliphatic carbocycles. The monoisotopic (exact) mass is 448 g/mol. The van der Waals surface area contributed by atoms with Gasteiger partial charge in [-0.1, -0.05) is 18.2 Å². The van der Waals surface area contributed by atoms with Crippen molar-refractivity contribution in [3.8, 4) is 5.75 Å². The number of carbonyl (C=O) groups is 2. The van der Waals surface area contributed by atoms with E-state index in [1.54, 1.807) is 18.2 Å². The van der Waals surface area contributed by atoms with E-state index >= 15 is 0 Å². The van der Waals surface area contributed by atoms with Crippen molar-refractivity contribution in [3.05, 3.63) is 90.0 Å². The number of ether oxygens (including phenoxy) is 1. The summed E-state index contributed by atoms with van der Waals surface area (Å²) in [6, 6.07) is 17.2. The van der Waals surface area contributed by atoms with Crippen molar-refractivity contribution in [2.24, 2.45) is 0 Å². The first-order valence-electron chi connectivity index (χ1n) is 10.7. The fraction of sp³-hybridized carbons (Fsp3) is 0.240. The van der Waals surface area contributed by atoms with Crippen LogP contribution in [0.2, 0.25) is 0 Å². The van der Waals surface area contributed by atoms with E-state index in [2.05, 4.69) is 15.6 Å². The van der Waals surface area contributed by atoms with E-state index in [-0.39, 0.29) is 11.8 Å². The molecule has 1 aliphatic rings. The second kappa shape index (κ2) is 10.1. The molecule has 4 rings (SSSR count). The van der Waals surface area contributed by atoms with E-state index < -0.39 is 17.9 Å². The molecule has 1 aliphatic heterocycles. The smallest absolute Gasteiger partial charge is 0.319 e. The lowest BCUT2D eigenvalue weighted by atomic mass is 9.84. The number of pyridine rings is 1. The second-order valence-electron chi connectivity index (χ2n) is 7.83. The first-order valence-corrected chi connectivity index (χ1v) is 10.7. The number of likely N-dealkylation sites (tertiary alicyclic amines) is 1. The molecule has 7 nitrogen and oxygen atoms in total. The zero-order valence-electron chi connectivity index (χ0n) is 18.2. The lowest BCUT2D eigenvalue weighted by molar-refractivity contribution is -0.137. The minimum absolute atomic E-state index is 0.179. The predicted octanol–water partition coefficient (Wildman–Crippen LogP) is 3.94. The number of nitrogens with zero attached hydrogens (tertiary/aromatic N) is 2. The SMILES string of the molecule is COc1ccc([C@@H]2CCN(Cc3ccccn3)C(=O)[C@@H]2NC(=O)Nc2ccc(F)cc2)cc1. The second-order valence-corrected chi connectivity index (χ2v) is 7.83. The largest absolute Gasteiger partial charge is 0.497 e. The average Bonchev–Trinajstić information content (AvgIpc) is 2.84. The first kappa shape index (κ1) is 22.3. The maximum Gasteiger partial charge on any atom is 0.319 e. The van der Waals surface area contributed by atoms with Gasteiger partial charge in [-0.25, -0.2) is 9.18 Å². The van der Waals surface area contributed by atoms with Crippen molar-refractivity contribution in [1.29, 1.82) is 0 Å². The number of rotatable bonds is 6. The van der Waals surface area contributed by atoms with Crippen molar-refractivity contribution in [1.82, 2.24) is 15.2 Å². The molecule has 8 heteroatoms. The summed E-state index contributed by atoms with van der Waals surface area (Å²) in [4.78, 5) is 32.2. The van der Waals surface area contributed by atoms with Gasteiger partial charge >= 0.3 is 6.03 Å². The molecule has 0 unspecified atom stereocenters. The quantitative estimate of drug-likeness (QED) is 0.599. The Morgan fingerprint density at radius 2 is 1.88 bits per heavy atom. The van der Waals surface area contributed by atoms with Gasteiger partial charge in [0.25, 0.3) is 0 Å². The van der Waals surface area contributed by atoms with Gasteiger partial charge in [-0.2, -0.15) is 0 Å². The molecule has 1 aromatic heterocycles. The van der Waals surface area contributed by atoms with Gasteiger partial charge in [-0.15, -0.1) is 0 Å². The van der Waals surface area contributed by atoms with Crippen LogP contribution in [0.1, 0.15) is 23.6 Å². The molecule has 3 aromatic rings. The maximum atomic E-state index is 13.5. The van der Waals surface area contributed by atoms with Crippen LogP contribution in [-0.2, 0) is 11.3 Å². The summed E-state index contributed by atoms with van der Waals surface area (Å²) in [5, 5.41) is 5.51. The fourth-order valence-corrected chi connectivity index (χ4v) is 4.00. The van der Waals surface area contributed by atoms with E-state index in [1.807, 2.05) is 42.5 Å². The van der Waals surface area contributed by atoms with Crippen molar-refractivity contribution in [2.75, 3.05) is 19.0 Å². The van der Waals surface area contributed by atoms with Crippen molar-refractivity contribution in [3.63, 3.8) is 0 Å². The zero-order valence-corrected chi connectivity index (χ0v) is 18.2. The van der Waals surface area contributed by atoms with E-state index in [9.17, 15) is 14.0 Å². The van der Waals surface area contributed by atoms with Crippen molar-refractivity contribution < 1.29 is 18.7 Å². The molecular formula is C25H25FN4O3. The number of aromatic nitrogens is 1. The molecule has 0 radical (unpaired) electrons. The van der Waals surface area contributed by atoms with Gasteiger partial charge in [0.1, 0.15) is 17.6 Å². The van der Waals surface area contributed by atoms with Crippen molar-refractivity contribution >= 4 is 17.6 Å². The molecule has 170 valence electrons. The zero-order chi connectivity index (χ0) is 23.2. The number of halogens is 1. The van der Waals surface area contributed by atoms with Gasteiger partial charge in [0.2, 0.25) is 5.91 Å². The molecule has 0 spiro atoms. The minimum atomic E-state index is -0.767. The number of anilines is 1. The van der Waals surface area contributed by atoms with Gasteiger partial charge < -0.3 is 20.3 Å². The lowest BCUT2D eigenvalue weighted by Gasteiger charge is -2.38. The van der Waals surface area contributed by atoms with Crippen LogP contribution in [0, 0.1) is 5.82 Å². The van der Waals surface area contributed by atoms with E-state index in [0.717, 1.165) is 17.0 Å². The van der Waals surface area contributed by atoms with Crippen LogP contribution in [0.3, 0.4) is 0 Å². The van der Waals surface area contributed by atoms with Crippen LogP contribution < -0.4 is 15.4 Å². The third kappa shape index (κ3) is 5.46. The van der Waals surface area contributed by atoms with E-state index in [4.69, 9.17) is 4.74 Å². The number of urea groups is 1. The number of amides is 3. The Morgan fingerprint density at radius 3 is 2.55 bits per heavy atom. The number of piperidine rings is 1. The maximum absolute atomic E-state index is 13.5. The average molecular weight is 448 g/mol. The Morgan fingerprint density at radius 1 is 1.12 bits per heavy atom. The molecule has 2 atom stereocenters. The number of benzene rings is 2. The van der Waals surface area contributed by atoms with E-state index in [1.165, 1.54) is 24.3 Å². The molecule has 0 bridgehead atoms. The van der Waals surface area contributed by atoms with Crippen LogP contribution in [0.15, 0.2) is 72.9 Å². The Hall–Kier alpha value is -3.94. The van der Waals surface area contributed by atoms with E-state index in [0.29, 0.717) is 25.2 Å². The summed E-state index contributed by atoms with van der Waals surface area (Å²) < 4.78 is 18.4. The van der Waals surface area contributed by atoms with Crippen LogP contribution in [-0.4, -0.2) is 41.5 Å². The number of methoxy groups -OCH3 is 1. The molecule has 2 heterocycles. The molecular weight excluding hydrogens is 423 g/mol. The summed E-state index contributed by atoms with van der Waals surface area (Å²) in [6.45, 7) is 0.913. The third-order valence-electron chi connectivity index (χ3n) is 5.70. The highest BCUT2D eigenvalue weighted by atomic mass is 19.1. The molecule has 2 N–H and O–H groups in total. The molecule has 3 amide bonds. The molecule has 1 fully saturated rings. The van der Waals surface area contributed by atoms with Gasteiger partial charge in [-0.05, 0) is 60.5 Å². The van der Waals surface area contributed by atoms with Crippen molar-refractivity contribution in [2.45, 2.75) is 24.9 Å². The number of hydrogen-bond acceptors (Lipinski definition) is 4. The number of nitrogens with one attached hydrogen (secondary N) is 2. The van der Waals surface area contributed by atoms with Crippen LogP contribution in [0.4, 0.5) is 14.9 Å². The lowest BCUT2D eigenvalue weighted by Crippen LogP contribution is -2.56. The summed E-state index contributed by atoms with van der Waals surface area (Å²) in [5.41, 5.74) is 2.15. The molecule has 33 heavy (non-hydrogen) atoms. The topological polar surface area (TPSA) is 83.6 Å². The fourth-order valence-electron chi connectivity index (χ4n) is 4.00. The van der Waals surface area contributed by atoms with Crippen LogP contribution >= 0.6 is 0 Å². The van der Waals surface area contributed by atoms with Gasteiger partial charge in [0, 0.05) is 24.3 Å². The molecule has 2 aromatic carbocycles. The highest BCUT2D eigenvalue weighted by Crippen LogP contribution is 2.31. The van der Waals surface area contributed by atoms with Gasteiger partial charge in [0.15, 0.2) is 0 Å². The Labute approximate surface area is 191 Å².